The topological polar surface area (TPSA) is 80.8 Å². The number of anilines is 1. The second kappa shape index (κ2) is 9.17. The molecule has 1 spiro atoms. The van der Waals surface area contributed by atoms with Crippen molar-refractivity contribution in [3.8, 4) is 6.07 Å². The second-order valence-corrected chi connectivity index (χ2v) is 10.6. The van der Waals surface area contributed by atoms with Crippen LogP contribution < -0.4 is 4.90 Å². The number of likely N-dealkylation sites (N-methyl/N-ethyl adjacent to an activating group) is 1. The maximum absolute atomic E-state index is 14.3. The van der Waals surface area contributed by atoms with Crippen LogP contribution in [-0.4, -0.2) is 47.4 Å². The second-order valence-electron chi connectivity index (χ2n) is 9.74. The standard InChI is InChI=1S/C29H22Cl2N4O3/c1-33-28(37)35(23-12-21(30)11-22(31)13-23)27(36)29(33)17-34(15-24-10-20-4-2-3-5-26(20)38-24)16-25(29)19-8-6-18(14-32)7-9-19/h2-13,25H,15-17H2,1H3/t25-,29+/m0/s1. The van der Waals surface area contributed by atoms with Crippen LogP contribution in [-0.2, 0) is 11.3 Å². The van der Waals surface area contributed by atoms with Crippen molar-refractivity contribution in [2.24, 2.45) is 0 Å². The van der Waals surface area contributed by atoms with Crippen molar-refractivity contribution < 1.29 is 14.0 Å². The lowest BCUT2D eigenvalue weighted by Gasteiger charge is -2.34. The molecular weight excluding hydrogens is 523 g/mol. The third-order valence-corrected chi connectivity index (χ3v) is 7.97. The predicted molar refractivity (Wildman–Crippen MR) is 145 cm³/mol. The normalized spacial score (nSPS) is 21.7. The average molecular weight is 545 g/mol. The van der Waals surface area contributed by atoms with Crippen molar-refractivity contribution in [1.29, 1.82) is 5.26 Å². The van der Waals surface area contributed by atoms with Gasteiger partial charge in [0.2, 0.25) is 0 Å². The Bertz CT molecular complexity index is 1570. The highest BCUT2D eigenvalue weighted by atomic mass is 35.5. The van der Waals surface area contributed by atoms with Gasteiger partial charge in [0.05, 0.1) is 23.9 Å². The van der Waals surface area contributed by atoms with Crippen LogP contribution in [0, 0.1) is 11.3 Å². The maximum Gasteiger partial charge on any atom is 0.332 e. The van der Waals surface area contributed by atoms with Crippen LogP contribution in [0.4, 0.5) is 10.5 Å². The summed E-state index contributed by atoms with van der Waals surface area (Å²) in [5.74, 6) is 0.0882. The molecule has 2 atom stereocenters. The highest BCUT2D eigenvalue weighted by Crippen LogP contribution is 2.47. The fraction of sp³-hybridized carbons (Fsp3) is 0.207. The Kier molecular flexibility index (Phi) is 5.92. The van der Waals surface area contributed by atoms with Gasteiger partial charge in [0.1, 0.15) is 16.9 Å². The quantitative estimate of drug-likeness (QED) is 0.292. The summed E-state index contributed by atoms with van der Waals surface area (Å²) in [6.45, 7) is 1.29. The van der Waals surface area contributed by atoms with Gasteiger partial charge in [0, 0.05) is 41.5 Å². The van der Waals surface area contributed by atoms with Crippen molar-refractivity contribution in [2.45, 2.75) is 18.0 Å². The zero-order valence-corrected chi connectivity index (χ0v) is 21.9. The molecule has 3 heterocycles. The first-order chi connectivity index (χ1) is 18.3. The van der Waals surface area contributed by atoms with Crippen molar-refractivity contribution in [1.82, 2.24) is 9.80 Å². The Labute approximate surface area is 229 Å². The van der Waals surface area contributed by atoms with Crippen molar-refractivity contribution in [3.05, 3.63) is 99.7 Å². The van der Waals surface area contributed by atoms with E-state index in [1.54, 1.807) is 37.4 Å². The fourth-order valence-electron chi connectivity index (χ4n) is 5.75. The molecule has 0 saturated carbocycles. The average Bonchev–Trinajstić information content (AvgIpc) is 3.54. The number of hydrogen-bond acceptors (Lipinski definition) is 5. The van der Waals surface area contributed by atoms with Gasteiger partial charge in [-0.05, 0) is 48.0 Å². The first kappa shape index (κ1) is 24.5. The van der Waals surface area contributed by atoms with E-state index < -0.39 is 11.6 Å². The largest absolute Gasteiger partial charge is 0.460 e. The number of nitriles is 1. The summed E-state index contributed by atoms with van der Waals surface area (Å²) >= 11 is 12.4. The van der Waals surface area contributed by atoms with Crippen LogP contribution in [0.5, 0.6) is 0 Å². The van der Waals surface area contributed by atoms with Gasteiger partial charge in [0.25, 0.3) is 5.91 Å². The van der Waals surface area contributed by atoms with Crippen molar-refractivity contribution in [3.63, 3.8) is 0 Å². The highest BCUT2D eigenvalue weighted by Gasteiger charge is 2.64. The number of carbonyl (C=O) groups is 2. The summed E-state index contributed by atoms with van der Waals surface area (Å²) < 4.78 is 6.06. The van der Waals surface area contributed by atoms with E-state index in [0.717, 1.165) is 22.3 Å². The van der Waals surface area contributed by atoms with Crippen LogP contribution in [0.15, 0.2) is 77.2 Å². The van der Waals surface area contributed by atoms with Crippen LogP contribution in [0.3, 0.4) is 0 Å². The van der Waals surface area contributed by atoms with E-state index in [1.807, 2.05) is 42.5 Å². The molecule has 0 radical (unpaired) electrons. The molecule has 4 aromatic rings. The fourth-order valence-corrected chi connectivity index (χ4v) is 6.26. The maximum atomic E-state index is 14.3. The minimum absolute atomic E-state index is 0.306. The third-order valence-electron chi connectivity index (χ3n) is 7.54. The van der Waals surface area contributed by atoms with Crippen molar-refractivity contribution >= 4 is 51.8 Å². The van der Waals surface area contributed by atoms with Crippen LogP contribution in [0.25, 0.3) is 11.0 Å². The number of benzene rings is 3. The Balaban J connectivity index is 1.41. The summed E-state index contributed by atoms with van der Waals surface area (Å²) in [7, 11) is 1.66. The zero-order chi connectivity index (χ0) is 26.6. The lowest BCUT2D eigenvalue weighted by Crippen LogP contribution is -2.53. The van der Waals surface area contributed by atoms with Gasteiger partial charge in [-0.2, -0.15) is 5.26 Å². The molecule has 0 N–H and O–H groups in total. The molecule has 3 aromatic carbocycles. The number of fused-ring (bicyclic) bond motifs is 1. The van der Waals surface area contributed by atoms with E-state index in [1.165, 1.54) is 9.80 Å². The molecule has 0 unspecified atom stereocenters. The predicted octanol–water partition coefficient (Wildman–Crippen LogP) is 6.05. The van der Waals surface area contributed by atoms with E-state index >= 15 is 0 Å². The lowest BCUT2D eigenvalue weighted by molar-refractivity contribution is -0.124. The van der Waals surface area contributed by atoms with Gasteiger partial charge in [-0.3, -0.25) is 9.69 Å². The Hall–Kier alpha value is -3.83. The van der Waals surface area contributed by atoms with E-state index in [4.69, 9.17) is 27.6 Å². The molecule has 2 aliphatic heterocycles. The zero-order valence-electron chi connectivity index (χ0n) is 20.4. The van der Waals surface area contributed by atoms with Gasteiger partial charge in [-0.15, -0.1) is 0 Å². The molecule has 9 heteroatoms. The molecule has 3 amide bonds. The number of halogens is 2. The van der Waals surface area contributed by atoms with Gasteiger partial charge in [-0.25, -0.2) is 9.69 Å². The summed E-state index contributed by atoms with van der Waals surface area (Å²) in [4.78, 5) is 32.8. The van der Waals surface area contributed by atoms with Crippen molar-refractivity contribution in [2.75, 3.05) is 25.0 Å². The number of furan rings is 1. The Morgan fingerprint density at radius 1 is 1.03 bits per heavy atom. The van der Waals surface area contributed by atoms with Gasteiger partial charge >= 0.3 is 6.03 Å². The summed E-state index contributed by atoms with van der Waals surface area (Å²) in [5.41, 5.74) is 1.35. The van der Waals surface area contributed by atoms with Gasteiger partial charge < -0.3 is 9.32 Å². The number of urea groups is 1. The SMILES string of the molecule is CN1C(=O)N(c2cc(Cl)cc(Cl)c2)C(=O)[C@]12CN(Cc1cc3ccccc3o1)C[C@H]2c1ccc(C#N)cc1. The molecule has 190 valence electrons. The van der Waals surface area contributed by atoms with E-state index in [2.05, 4.69) is 11.0 Å². The number of likely N-dealkylation sites (tertiary alicyclic amines) is 1. The first-order valence-electron chi connectivity index (χ1n) is 12.1. The summed E-state index contributed by atoms with van der Waals surface area (Å²) in [6, 6.07) is 23.4. The van der Waals surface area contributed by atoms with Crippen LogP contribution in [0.1, 0.15) is 22.8 Å². The first-order valence-corrected chi connectivity index (χ1v) is 12.8. The van der Waals surface area contributed by atoms with E-state index in [0.29, 0.717) is 40.9 Å². The summed E-state index contributed by atoms with van der Waals surface area (Å²) in [6.07, 6.45) is 0. The number of para-hydroxylation sites is 1. The molecular formula is C29H22Cl2N4O3. The molecule has 1 aromatic heterocycles. The number of imide groups is 1. The molecule has 0 aliphatic carbocycles. The van der Waals surface area contributed by atoms with E-state index in [9.17, 15) is 14.9 Å². The number of amides is 3. The molecule has 2 saturated heterocycles. The monoisotopic (exact) mass is 544 g/mol. The molecule has 6 rings (SSSR count). The molecule has 2 fully saturated rings. The number of nitrogens with zero attached hydrogens (tertiary/aromatic N) is 4. The third kappa shape index (κ3) is 3.84. The Morgan fingerprint density at radius 3 is 2.42 bits per heavy atom. The molecule has 0 bridgehead atoms. The highest BCUT2D eigenvalue weighted by molar-refractivity contribution is 6.35. The lowest BCUT2D eigenvalue weighted by atomic mass is 9.80. The summed E-state index contributed by atoms with van der Waals surface area (Å²) in [5, 5.41) is 11.0. The van der Waals surface area contributed by atoms with Crippen LogP contribution in [0.2, 0.25) is 10.0 Å². The number of rotatable bonds is 4. The minimum Gasteiger partial charge on any atom is -0.460 e. The van der Waals surface area contributed by atoms with Gasteiger partial charge in [0.15, 0.2) is 0 Å². The number of carbonyl (C=O) groups excluding carboxylic acids is 2. The van der Waals surface area contributed by atoms with Crippen LogP contribution >= 0.6 is 23.2 Å². The minimum atomic E-state index is -1.17. The molecule has 7 nitrogen and oxygen atoms in total. The molecule has 38 heavy (non-hydrogen) atoms. The van der Waals surface area contributed by atoms with Gasteiger partial charge in [-0.1, -0.05) is 53.5 Å². The Morgan fingerprint density at radius 2 is 1.74 bits per heavy atom. The smallest absolute Gasteiger partial charge is 0.332 e. The number of hydrogen-bond donors (Lipinski definition) is 0. The van der Waals surface area contributed by atoms with E-state index in [-0.39, 0.29) is 11.8 Å². The molecule has 2 aliphatic rings.